The van der Waals surface area contributed by atoms with Gasteiger partial charge in [-0.3, -0.25) is 0 Å². The van der Waals surface area contributed by atoms with Crippen molar-refractivity contribution in [1.29, 1.82) is 0 Å². The third kappa shape index (κ3) is 7.02. The van der Waals surface area contributed by atoms with Gasteiger partial charge < -0.3 is 10.00 Å². The second kappa shape index (κ2) is 5.16. The van der Waals surface area contributed by atoms with E-state index in [0.29, 0.717) is 0 Å². The van der Waals surface area contributed by atoms with Crippen LogP contribution in [0.5, 0.6) is 0 Å². The Morgan fingerprint density at radius 3 is 1.86 bits per heavy atom. The minimum atomic E-state index is -2.72. The standard InChI is InChI=1S/C2H4O3P.Na/c1-2(3)6(4)5;/h2H,1H3;/q-1;+1. The van der Waals surface area contributed by atoms with Gasteiger partial charge in [-0.1, -0.05) is 4.57 Å². The first kappa shape index (κ1) is 10.9. The van der Waals surface area contributed by atoms with Gasteiger partial charge in [-0.15, -0.1) is 0 Å². The molecule has 2 atom stereocenters. The van der Waals surface area contributed by atoms with Crippen LogP contribution in [0.1, 0.15) is 6.92 Å². The summed E-state index contributed by atoms with van der Waals surface area (Å²) in [6, 6.07) is 0. The molecule has 0 radical (unpaired) electrons. The van der Waals surface area contributed by atoms with Crippen LogP contribution >= 0.6 is 8.03 Å². The summed E-state index contributed by atoms with van der Waals surface area (Å²) < 4.78 is 9.42. The maximum Gasteiger partial charge on any atom is 1.00 e. The van der Waals surface area contributed by atoms with E-state index in [-0.39, 0.29) is 29.6 Å². The van der Waals surface area contributed by atoms with Crippen LogP contribution in [-0.2, 0) is 4.57 Å². The molecule has 3 nitrogen and oxygen atoms in total. The predicted octanol–water partition coefficient (Wildman–Crippen LogP) is -4.20. The van der Waals surface area contributed by atoms with Crippen molar-refractivity contribution in [2.45, 2.75) is 12.8 Å². The molecule has 36 valence electrons. The minimum absolute atomic E-state index is 0. The number of hydrogen-bond acceptors (Lipinski definition) is 3. The van der Waals surface area contributed by atoms with Crippen LogP contribution in [0.25, 0.3) is 0 Å². The molecule has 0 aliphatic heterocycles. The van der Waals surface area contributed by atoms with Crippen molar-refractivity contribution in [1.82, 2.24) is 0 Å². The van der Waals surface area contributed by atoms with E-state index in [4.69, 9.17) is 0 Å². The normalized spacial score (nSPS) is 14.4. The molecule has 0 aromatic carbocycles. The van der Waals surface area contributed by atoms with Crippen LogP contribution in [0.3, 0.4) is 0 Å². The molecule has 0 aliphatic rings. The molecule has 0 spiro atoms. The molecular formula is C2H4NaO3P. The van der Waals surface area contributed by atoms with Crippen LogP contribution in [0.4, 0.5) is 0 Å². The molecule has 0 aromatic heterocycles. The quantitative estimate of drug-likeness (QED) is 0.267. The molecule has 0 saturated carbocycles. The van der Waals surface area contributed by atoms with E-state index < -0.39 is 13.9 Å². The van der Waals surface area contributed by atoms with E-state index in [9.17, 15) is 14.6 Å². The fourth-order valence-electron chi connectivity index (χ4n) is 0. The molecule has 0 N–H and O–H groups in total. The Hall–Kier alpha value is 1.02. The van der Waals surface area contributed by atoms with E-state index in [2.05, 4.69) is 0 Å². The van der Waals surface area contributed by atoms with Crippen molar-refractivity contribution >= 4 is 8.03 Å². The van der Waals surface area contributed by atoms with Crippen LogP contribution < -0.4 is 39.6 Å². The zero-order valence-corrected chi connectivity index (χ0v) is 7.14. The van der Waals surface area contributed by atoms with Gasteiger partial charge >= 0.3 is 29.6 Å². The molecule has 0 saturated heterocycles. The first-order valence-corrected chi connectivity index (χ1v) is 2.68. The SMILES string of the molecule is CC([O-])[P+](=O)[O-].[Na+]. The van der Waals surface area contributed by atoms with Gasteiger partial charge in [0.05, 0.1) is 5.85 Å². The number of hydrogen-bond donors (Lipinski definition) is 0. The first-order chi connectivity index (χ1) is 2.64. The molecular weight excluding hydrogens is 126 g/mol. The Morgan fingerprint density at radius 1 is 1.71 bits per heavy atom. The van der Waals surface area contributed by atoms with Crippen molar-refractivity contribution in [3.05, 3.63) is 0 Å². The second-order valence-electron chi connectivity index (χ2n) is 0.885. The van der Waals surface area contributed by atoms with Crippen molar-refractivity contribution in [3.63, 3.8) is 0 Å². The monoisotopic (exact) mass is 130 g/mol. The van der Waals surface area contributed by atoms with Gasteiger partial charge in [0.1, 0.15) is 0 Å². The van der Waals surface area contributed by atoms with E-state index >= 15 is 0 Å². The summed E-state index contributed by atoms with van der Waals surface area (Å²) in [4.78, 5) is 9.42. The summed E-state index contributed by atoms with van der Waals surface area (Å²) in [7, 11) is -2.72. The summed E-state index contributed by atoms with van der Waals surface area (Å²) in [6.07, 6.45) is 0. The largest absolute Gasteiger partial charge is 1.00 e. The molecule has 0 aromatic rings. The van der Waals surface area contributed by atoms with Gasteiger partial charge in [0, 0.05) is 0 Å². The topological polar surface area (TPSA) is 63.2 Å². The molecule has 0 heterocycles. The van der Waals surface area contributed by atoms with Crippen LogP contribution in [0.2, 0.25) is 0 Å². The summed E-state index contributed by atoms with van der Waals surface area (Å²) in [5, 5.41) is 9.63. The average Bonchev–Trinajstić information content (AvgIpc) is 1.36. The van der Waals surface area contributed by atoms with E-state index in [0.717, 1.165) is 6.92 Å². The molecule has 0 rings (SSSR count). The third-order valence-electron chi connectivity index (χ3n) is 0.297. The fraction of sp³-hybridized carbons (Fsp3) is 1.00. The Balaban J connectivity index is 0. The first-order valence-electron chi connectivity index (χ1n) is 1.44. The van der Waals surface area contributed by atoms with Crippen molar-refractivity contribution in [2.75, 3.05) is 0 Å². The van der Waals surface area contributed by atoms with Gasteiger partial charge in [-0.2, -0.15) is 0 Å². The minimum Gasteiger partial charge on any atom is -0.813 e. The van der Waals surface area contributed by atoms with E-state index in [1.54, 1.807) is 0 Å². The summed E-state index contributed by atoms with van der Waals surface area (Å²) >= 11 is 0. The van der Waals surface area contributed by atoms with Gasteiger partial charge in [-0.05, 0) is 6.92 Å². The van der Waals surface area contributed by atoms with Gasteiger partial charge in [-0.25, -0.2) is 0 Å². The molecule has 5 heteroatoms. The predicted molar refractivity (Wildman–Crippen MR) is 17.1 cm³/mol. The number of rotatable bonds is 1. The summed E-state index contributed by atoms with van der Waals surface area (Å²) in [5.74, 6) is -1.44. The zero-order chi connectivity index (χ0) is 5.15. The van der Waals surface area contributed by atoms with E-state index in [1.807, 2.05) is 0 Å². The van der Waals surface area contributed by atoms with Crippen LogP contribution in [0, 0.1) is 0 Å². The van der Waals surface area contributed by atoms with Gasteiger partial charge in [0.2, 0.25) is 0 Å². The van der Waals surface area contributed by atoms with Gasteiger partial charge in [0.15, 0.2) is 0 Å². The smallest absolute Gasteiger partial charge is 0.813 e. The molecule has 0 bridgehead atoms. The van der Waals surface area contributed by atoms with E-state index in [1.165, 1.54) is 0 Å². The Bertz CT molecular complexity index is 64.0. The van der Waals surface area contributed by atoms with Crippen molar-refractivity contribution in [3.8, 4) is 0 Å². The zero-order valence-electron chi connectivity index (χ0n) is 4.25. The summed E-state index contributed by atoms with van der Waals surface area (Å²) in [6.45, 7) is 1.09. The van der Waals surface area contributed by atoms with Crippen LogP contribution in [-0.4, -0.2) is 5.85 Å². The maximum absolute atomic E-state index is 9.63. The Kier molecular flexibility index (Phi) is 8.04. The molecule has 0 aliphatic carbocycles. The fourth-order valence-corrected chi connectivity index (χ4v) is 0. The molecule has 2 unspecified atom stereocenters. The Morgan fingerprint density at radius 2 is 1.86 bits per heavy atom. The maximum atomic E-state index is 9.63. The van der Waals surface area contributed by atoms with Crippen molar-refractivity contribution in [2.24, 2.45) is 0 Å². The Labute approximate surface area is 64.9 Å². The second-order valence-corrected chi connectivity index (χ2v) is 2.18. The third-order valence-corrected chi connectivity index (χ3v) is 0.891. The van der Waals surface area contributed by atoms with Gasteiger partial charge in [0.25, 0.3) is 8.03 Å². The molecule has 0 amide bonds. The summed E-state index contributed by atoms with van der Waals surface area (Å²) in [5.41, 5.74) is 0. The molecule has 7 heavy (non-hydrogen) atoms. The average molecular weight is 130 g/mol. The molecule has 0 fully saturated rings. The van der Waals surface area contributed by atoms with Crippen molar-refractivity contribution < 1.29 is 44.1 Å². The van der Waals surface area contributed by atoms with Crippen LogP contribution in [0.15, 0.2) is 0 Å².